The molecule has 2 aliphatic rings. The van der Waals surface area contributed by atoms with E-state index in [1.807, 2.05) is 218 Å². The van der Waals surface area contributed by atoms with E-state index in [2.05, 4.69) is 170 Å². The van der Waals surface area contributed by atoms with Crippen LogP contribution in [0.5, 0.6) is 0 Å². The van der Waals surface area contributed by atoms with Crippen molar-refractivity contribution in [2.45, 2.75) is 0 Å². The quantitative estimate of drug-likeness (QED) is 0.0799. The highest BCUT2D eigenvalue weighted by Gasteiger charge is 2.70. The van der Waals surface area contributed by atoms with Gasteiger partial charge in [-0.25, -0.2) is 0 Å². The minimum atomic E-state index is -4.47. The normalized spacial score (nSPS) is 22.0. The van der Waals surface area contributed by atoms with Gasteiger partial charge in [-0.05, 0) is 62.2 Å². The van der Waals surface area contributed by atoms with Crippen molar-refractivity contribution < 1.29 is 32.9 Å². The molecule has 0 aromatic heterocycles. The average molecular weight is 1420 g/mol. The Balaban J connectivity index is 1.06. The molecule has 13 aromatic rings. The predicted octanol–water partition coefficient (Wildman–Crippen LogP) is 8.16. The van der Waals surface area contributed by atoms with Gasteiger partial charge in [-0.2, -0.15) is 0 Å². The lowest BCUT2D eigenvalue weighted by molar-refractivity contribution is 0.270. The van der Waals surface area contributed by atoms with Crippen LogP contribution >= 0.6 is 22.2 Å². The van der Waals surface area contributed by atoms with Gasteiger partial charge in [0, 0.05) is 10.4 Å². The molecule has 0 N–H and O–H groups in total. The topological polar surface area (TPSA) is 73.8 Å². The van der Waals surface area contributed by atoms with Crippen LogP contribution in [0.2, 0.25) is 0 Å². The van der Waals surface area contributed by atoms with Crippen LogP contribution in [0, 0.1) is 0 Å². The summed E-state index contributed by atoms with van der Waals surface area (Å²) in [6.07, 6.45) is 0. The summed E-state index contributed by atoms with van der Waals surface area (Å²) in [5.41, 5.74) is 0. The molecule has 2 fully saturated rings. The maximum absolute atomic E-state index is 8.77. The van der Waals surface area contributed by atoms with E-state index >= 15 is 0 Å². The Morgan fingerprint density at radius 3 is 0.365 bits per heavy atom. The minimum absolute atomic E-state index is 0.710. The van der Waals surface area contributed by atoms with Crippen LogP contribution in [0.25, 0.3) is 0 Å². The SMILES string of the molecule is Cl[Si]1(c2ccccc2)O[Si](c2ccccc2)(c2ccccc2)O[Si](c2ccccc2)(c2ccc([Si]3(c4ccccc4)O[Si](c4ccccc4)(c4ccccc4)O[Si](Cl)(c4ccccc4)O[Si](c4ccccc4)(c4ccccc4)O3)cc2)O[Si](c2ccccc2)(c2ccccc2)O1. The molecule has 470 valence electrons. The summed E-state index contributed by atoms with van der Waals surface area (Å²) in [6.45, 7) is 0. The molecule has 2 aliphatic heterocycles. The molecule has 13 aromatic carbocycles. The van der Waals surface area contributed by atoms with E-state index in [1.165, 1.54) is 0 Å². The van der Waals surface area contributed by atoms with Gasteiger partial charge in [-0.3, -0.25) is 0 Å². The van der Waals surface area contributed by atoms with E-state index in [9.17, 15) is 0 Å². The van der Waals surface area contributed by atoms with Crippen molar-refractivity contribution in [1.29, 1.82) is 0 Å². The summed E-state index contributed by atoms with van der Waals surface area (Å²) in [6, 6.07) is 131. The fourth-order valence-electron chi connectivity index (χ4n) is 13.1. The Bertz CT molecular complexity index is 4040. The summed E-state index contributed by atoms with van der Waals surface area (Å²) in [5, 5.41) is 11.2. The Kier molecular flexibility index (Phi) is 18.0. The van der Waals surface area contributed by atoms with Gasteiger partial charge in [0.2, 0.25) is 0 Å². The molecule has 0 saturated carbocycles. The number of benzene rings is 13. The first kappa shape index (κ1) is 63.9. The summed E-state index contributed by atoms with van der Waals surface area (Å²) in [5.74, 6) is 0. The van der Waals surface area contributed by atoms with Crippen molar-refractivity contribution in [2.24, 2.45) is 0 Å². The standard InChI is InChI=1S/C78H64Cl2O8Si8/c79-95(77-57-33-11-34-58-77)85-91(67-41-17-3-18-42-67,68-43-19-4-20-44-68)81-89(65-37-13-1-14-38-65,82-92(86-95,69-45-21-5-22-46-69)70-47-23-6-24-48-70)75-61-63-76(64-62-75)90(66-39-15-2-16-40-66)83-93(71-49-25-7-26-50-71,72-51-27-8-28-52-72)87-96(80,78-59-35-12-36-60-78)88-94(84-90,73-53-29-9-30-54-73)74-55-31-10-32-56-74/h1-64H. The largest absolute Gasteiger partial charge is 0.461 e. The Morgan fingerprint density at radius 1 is 0.125 bits per heavy atom. The van der Waals surface area contributed by atoms with Crippen molar-refractivity contribution >= 4 is 162 Å². The second-order valence-electron chi connectivity index (χ2n) is 23.6. The molecule has 18 heteroatoms. The summed E-state index contributed by atoms with van der Waals surface area (Å²) >= 11 is 17.2. The first-order valence-electron chi connectivity index (χ1n) is 31.9. The molecule has 0 amide bonds. The van der Waals surface area contributed by atoms with Crippen LogP contribution in [-0.4, -0.2) is 67.1 Å². The maximum atomic E-state index is 8.77. The molecule has 0 spiro atoms. The van der Waals surface area contributed by atoms with Crippen LogP contribution in [0.3, 0.4) is 0 Å². The highest BCUT2D eigenvalue weighted by molar-refractivity contribution is 7.29. The highest BCUT2D eigenvalue weighted by atomic mass is 35.6. The molecule has 0 aliphatic carbocycles. The number of hydrogen-bond acceptors (Lipinski definition) is 8. The maximum Gasteiger partial charge on any atom is 0.461 e. The third-order valence-electron chi connectivity index (χ3n) is 17.7. The van der Waals surface area contributed by atoms with E-state index in [4.69, 9.17) is 55.1 Å². The second kappa shape index (κ2) is 27.0. The van der Waals surface area contributed by atoms with Crippen molar-refractivity contribution in [3.63, 3.8) is 0 Å². The smallest absolute Gasteiger partial charge is 0.402 e. The average Bonchev–Trinajstić information content (AvgIpc) is 0.707. The summed E-state index contributed by atoms with van der Waals surface area (Å²) < 4.78 is 68.0. The molecule has 2 heterocycles. The predicted molar refractivity (Wildman–Crippen MR) is 405 cm³/mol. The highest BCUT2D eigenvalue weighted by Crippen LogP contribution is 2.37. The zero-order valence-electron chi connectivity index (χ0n) is 52.0. The van der Waals surface area contributed by atoms with E-state index in [0.717, 1.165) is 62.2 Å². The number of hydrogen-bond donors (Lipinski definition) is 0. The van der Waals surface area contributed by atoms with Crippen LogP contribution in [0.15, 0.2) is 388 Å². The van der Waals surface area contributed by atoms with Crippen molar-refractivity contribution in [2.75, 3.05) is 0 Å². The van der Waals surface area contributed by atoms with E-state index in [-0.39, 0.29) is 0 Å². The molecule has 2 saturated heterocycles. The zero-order chi connectivity index (χ0) is 65.0. The van der Waals surface area contributed by atoms with E-state index < -0.39 is 67.1 Å². The van der Waals surface area contributed by atoms with Gasteiger partial charge in [-0.1, -0.05) is 410 Å². The van der Waals surface area contributed by atoms with Crippen molar-refractivity contribution in [3.8, 4) is 0 Å². The zero-order valence-corrected chi connectivity index (χ0v) is 61.5. The lowest BCUT2D eigenvalue weighted by Crippen LogP contribution is -2.86. The van der Waals surface area contributed by atoms with E-state index in [1.54, 1.807) is 0 Å². The van der Waals surface area contributed by atoms with E-state index in [0.29, 0.717) is 10.4 Å². The molecule has 0 bridgehead atoms. The third kappa shape index (κ3) is 11.7. The van der Waals surface area contributed by atoms with Gasteiger partial charge >= 0.3 is 67.1 Å². The van der Waals surface area contributed by atoms with Crippen LogP contribution in [0.4, 0.5) is 0 Å². The lowest BCUT2D eigenvalue weighted by Gasteiger charge is -2.52. The van der Waals surface area contributed by atoms with Gasteiger partial charge in [0.15, 0.2) is 0 Å². The monoisotopic (exact) mass is 1420 g/mol. The van der Waals surface area contributed by atoms with Gasteiger partial charge in [0.25, 0.3) is 0 Å². The Labute approximate surface area is 578 Å². The van der Waals surface area contributed by atoms with Gasteiger partial charge in [-0.15, -0.1) is 0 Å². The van der Waals surface area contributed by atoms with Crippen LogP contribution < -0.4 is 72.6 Å². The van der Waals surface area contributed by atoms with Gasteiger partial charge in [0.05, 0.1) is 0 Å². The second-order valence-corrected chi connectivity index (χ2v) is 50.7. The number of rotatable bonds is 14. The molecule has 96 heavy (non-hydrogen) atoms. The fourth-order valence-corrected chi connectivity index (χ4v) is 58.4. The van der Waals surface area contributed by atoms with Gasteiger partial charge in [0.1, 0.15) is 0 Å². The fraction of sp³-hybridized carbons (Fsp3) is 0. The molecular formula is C78H64Cl2O8Si8. The van der Waals surface area contributed by atoms with Crippen LogP contribution in [-0.2, 0) is 32.9 Å². The summed E-state index contributed by atoms with van der Waals surface area (Å²) in [7, 11) is -34.6. The molecule has 0 atom stereocenters. The molecule has 15 rings (SSSR count). The summed E-state index contributed by atoms with van der Waals surface area (Å²) in [4.78, 5) is 0. The van der Waals surface area contributed by atoms with Crippen LogP contribution in [0.1, 0.15) is 0 Å². The first-order chi connectivity index (χ1) is 47.1. The Morgan fingerprint density at radius 2 is 0.229 bits per heavy atom. The molecule has 0 unspecified atom stereocenters. The third-order valence-corrected chi connectivity index (χ3v) is 54.9. The molecule has 0 radical (unpaired) electrons. The Hall–Kier alpha value is -8.14. The van der Waals surface area contributed by atoms with Gasteiger partial charge < -0.3 is 32.9 Å². The van der Waals surface area contributed by atoms with Crippen molar-refractivity contribution in [3.05, 3.63) is 388 Å². The first-order valence-corrected chi connectivity index (χ1v) is 48.4. The molecular weight excluding hydrogens is 1360 g/mol. The minimum Gasteiger partial charge on any atom is -0.402 e. The lowest BCUT2D eigenvalue weighted by atomic mass is 10.3. The van der Waals surface area contributed by atoms with Crippen molar-refractivity contribution in [1.82, 2.24) is 0 Å². The molecule has 8 nitrogen and oxygen atoms in total. The number of halogens is 2.